The third-order valence-electron chi connectivity index (χ3n) is 5.54. The van der Waals surface area contributed by atoms with E-state index in [1.165, 1.54) is 18.9 Å². The number of aromatic nitrogens is 1. The minimum absolute atomic E-state index is 0.111. The minimum Gasteiger partial charge on any atom is -0.466 e. The summed E-state index contributed by atoms with van der Waals surface area (Å²) in [6.07, 6.45) is 4.20. The first-order valence-electron chi connectivity index (χ1n) is 10.8. The zero-order chi connectivity index (χ0) is 23.4. The summed E-state index contributed by atoms with van der Waals surface area (Å²) in [6.45, 7) is 4.40. The van der Waals surface area contributed by atoms with Crippen molar-refractivity contribution in [3.63, 3.8) is 0 Å². The van der Waals surface area contributed by atoms with E-state index in [1.54, 1.807) is 12.4 Å². The SMILES string of the molecule is CCC1=C(C(=O)OC)[C@H](c2cccc(C)c2)N2C(CC(=O)NCc3cccnc3)=CSC2=N1. The first kappa shape index (κ1) is 22.8. The number of aryl methyl sites for hydroxylation is 1. The number of carbonyl (C=O) groups is 2. The van der Waals surface area contributed by atoms with Crippen molar-refractivity contribution >= 4 is 28.8 Å². The van der Waals surface area contributed by atoms with Crippen molar-refractivity contribution in [1.29, 1.82) is 0 Å². The smallest absolute Gasteiger partial charge is 0.338 e. The highest BCUT2D eigenvalue weighted by Crippen LogP contribution is 2.45. The monoisotopic (exact) mass is 462 g/mol. The fourth-order valence-corrected chi connectivity index (χ4v) is 4.94. The molecule has 1 N–H and O–H groups in total. The molecular weight excluding hydrogens is 436 g/mol. The topological polar surface area (TPSA) is 83.9 Å². The summed E-state index contributed by atoms with van der Waals surface area (Å²) in [5.41, 5.74) is 5.00. The molecule has 7 nitrogen and oxygen atoms in total. The Morgan fingerprint density at radius 1 is 1.24 bits per heavy atom. The third-order valence-corrected chi connectivity index (χ3v) is 6.43. The van der Waals surface area contributed by atoms with Crippen molar-refractivity contribution in [2.45, 2.75) is 39.3 Å². The standard InChI is InChI=1S/C25H26N4O3S/c1-4-20-22(24(31)32-3)23(18-9-5-7-16(2)11-18)29-19(15-33-25(29)28-20)12-21(30)27-14-17-8-6-10-26-13-17/h5-11,13,15,23H,4,12,14H2,1-3H3,(H,27,30)/t23-/m0/s1. The molecule has 0 saturated heterocycles. The summed E-state index contributed by atoms with van der Waals surface area (Å²) < 4.78 is 5.15. The number of pyridine rings is 1. The number of allylic oxidation sites excluding steroid dienone is 1. The van der Waals surface area contributed by atoms with Crippen LogP contribution in [0.5, 0.6) is 0 Å². The number of benzene rings is 1. The van der Waals surface area contributed by atoms with Crippen LogP contribution in [0.4, 0.5) is 0 Å². The fraction of sp³-hybridized carbons (Fsp3) is 0.280. The number of hydrogen-bond donors (Lipinski definition) is 1. The first-order chi connectivity index (χ1) is 16.0. The molecule has 0 saturated carbocycles. The molecule has 1 amide bonds. The Bertz CT molecular complexity index is 1160. The molecule has 0 fully saturated rings. The maximum absolute atomic E-state index is 12.9. The Kier molecular flexibility index (Phi) is 6.93. The highest BCUT2D eigenvalue weighted by Gasteiger charge is 2.41. The Morgan fingerprint density at radius 3 is 2.79 bits per heavy atom. The normalized spacial score (nSPS) is 17.3. The lowest BCUT2D eigenvalue weighted by atomic mass is 9.92. The van der Waals surface area contributed by atoms with Crippen LogP contribution in [0, 0.1) is 6.92 Å². The van der Waals surface area contributed by atoms with Gasteiger partial charge in [-0.1, -0.05) is 54.6 Å². The molecule has 1 aromatic heterocycles. The molecule has 0 unspecified atom stereocenters. The van der Waals surface area contributed by atoms with Crippen LogP contribution in [0.25, 0.3) is 0 Å². The number of aliphatic imine (C=N–C) groups is 1. The molecule has 2 aliphatic rings. The van der Waals surface area contributed by atoms with E-state index in [0.717, 1.165) is 27.6 Å². The van der Waals surface area contributed by atoms with Gasteiger partial charge in [-0.2, -0.15) is 0 Å². The average molecular weight is 463 g/mol. The Labute approximate surface area is 197 Å². The fourth-order valence-electron chi connectivity index (χ4n) is 4.00. The summed E-state index contributed by atoms with van der Waals surface area (Å²) in [7, 11) is 1.39. The number of esters is 1. The molecule has 3 heterocycles. The van der Waals surface area contributed by atoms with Crippen molar-refractivity contribution in [1.82, 2.24) is 15.2 Å². The molecule has 0 bridgehead atoms. The van der Waals surface area contributed by atoms with Gasteiger partial charge < -0.3 is 15.0 Å². The van der Waals surface area contributed by atoms with E-state index in [1.807, 2.05) is 54.5 Å². The molecule has 2 aliphatic heterocycles. The van der Waals surface area contributed by atoms with Crippen LogP contribution in [-0.4, -0.2) is 34.0 Å². The summed E-state index contributed by atoms with van der Waals surface area (Å²) >= 11 is 1.47. The zero-order valence-corrected chi connectivity index (χ0v) is 19.7. The number of fused-ring (bicyclic) bond motifs is 1. The second-order valence-electron chi connectivity index (χ2n) is 7.83. The lowest BCUT2D eigenvalue weighted by Gasteiger charge is -2.36. The van der Waals surface area contributed by atoms with E-state index >= 15 is 0 Å². The lowest BCUT2D eigenvalue weighted by molar-refractivity contribution is -0.136. The van der Waals surface area contributed by atoms with Gasteiger partial charge in [0, 0.05) is 24.6 Å². The summed E-state index contributed by atoms with van der Waals surface area (Å²) in [6, 6.07) is 11.4. The predicted octanol–water partition coefficient (Wildman–Crippen LogP) is 4.23. The quantitative estimate of drug-likeness (QED) is 0.620. The average Bonchev–Trinajstić information content (AvgIpc) is 3.23. The summed E-state index contributed by atoms with van der Waals surface area (Å²) in [5, 5.41) is 5.66. The number of hydrogen-bond acceptors (Lipinski definition) is 7. The molecule has 4 rings (SSSR count). The number of thioether (sulfide) groups is 1. The van der Waals surface area contributed by atoms with Crippen LogP contribution in [0.2, 0.25) is 0 Å². The van der Waals surface area contributed by atoms with Gasteiger partial charge in [0.05, 0.1) is 30.8 Å². The van der Waals surface area contributed by atoms with E-state index in [2.05, 4.69) is 16.4 Å². The van der Waals surface area contributed by atoms with E-state index in [0.29, 0.717) is 24.2 Å². The van der Waals surface area contributed by atoms with Gasteiger partial charge in [0.25, 0.3) is 0 Å². The van der Waals surface area contributed by atoms with Crippen molar-refractivity contribution in [2.24, 2.45) is 4.99 Å². The van der Waals surface area contributed by atoms with Crippen molar-refractivity contribution in [3.8, 4) is 0 Å². The van der Waals surface area contributed by atoms with E-state index in [4.69, 9.17) is 9.73 Å². The number of ether oxygens (including phenoxy) is 1. The third kappa shape index (κ3) is 4.85. The number of nitrogens with zero attached hydrogens (tertiary/aromatic N) is 3. The summed E-state index contributed by atoms with van der Waals surface area (Å²) in [5.74, 6) is -0.515. The molecule has 2 aromatic rings. The zero-order valence-electron chi connectivity index (χ0n) is 18.9. The largest absolute Gasteiger partial charge is 0.466 e. The summed E-state index contributed by atoms with van der Waals surface area (Å²) in [4.78, 5) is 36.5. The number of carbonyl (C=O) groups excluding carboxylic acids is 2. The number of nitrogens with one attached hydrogen (secondary N) is 1. The van der Waals surface area contributed by atoms with Crippen molar-refractivity contribution in [3.05, 3.63) is 87.9 Å². The van der Waals surface area contributed by atoms with Crippen LogP contribution in [-0.2, 0) is 20.9 Å². The van der Waals surface area contributed by atoms with Crippen LogP contribution in [0.3, 0.4) is 0 Å². The highest BCUT2D eigenvalue weighted by atomic mass is 32.2. The second-order valence-corrected chi connectivity index (χ2v) is 8.66. The van der Waals surface area contributed by atoms with Crippen LogP contribution < -0.4 is 5.32 Å². The van der Waals surface area contributed by atoms with Gasteiger partial charge in [-0.25, -0.2) is 9.79 Å². The molecular formula is C25H26N4O3S. The Morgan fingerprint density at radius 2 is 2.09 bits per heavy atom. The highest BCUT2D eigenvalue weighted by molar-refractivity contribution is 8.16. The minimum atomic E-state index is -0.410. The molecule has 1 atom stereocenters. The van der Waals surface area contributed by atoms with E-state index < -0.39 is 12.0 Å². The van der Waals surface area contributed by atoms with Gasteiger partial charge >= 0.3 is 5.97 Å². The molecule has 0 aliphatic carbocycles. The molecule has 170 valence electrons. The van der Waals surface area contributed by atoms with Gasteiger partial charge in [0.2, 0.25) is 5.91 Å². The molecule has 8 heteroatoms. The van der Waals surface area contributed by atoms with Crippen molar-refractivity contribution < 1.29 is 14.3 Å². The Hall–Kier alpha value is -3.39. The molecule has 0 spiro atoms. The number of methoxy groups -OCH3 is 1. The van der Waals surface area contributed by atoms with Gasteiger partial charge in [-0.15, -0.1) is 0 Å². The second kappa shape index (κ2) is 10.0. The van der Waals surface area contributed by atoms with Crippen molar-refractivity contribution in [2.75, 3.05) is 7.11 Å². The van der Waals surface area contributed by atoms with Crippen LogP contribution >= 0.6 is 11.8 Å². The molecule has 1 aromatic carbocycles. The predicted molar refractivity (Wildman–Crippen MR) is 129 cm³/mol. The van der Waals surface area contributed by atoms with Gasteiger partial charge in [0.1, 0.15) is 0 Å². The van der Waals surface area contributed by atoms with E-state index in [-0.39, 0.29) is 12.3 Å². The maximum atomic E-state index is 12.9. The Balaban J connectivity index is 1.64. The van der Waals surface area contributed by atoms with E-state index in [9.17, 15) is 9.59 Å². The first-order valence-corrected chi connectivity index (χ1v) is 11.7. The number of rotatable bonds is 7. The van der Waals surface area contributed by atoms with Gasteiger partial charge in [-0.05, 0) is 35.9 Å². The van der Waals surface area contributed by atoms with Crippen LogP contribution in [0.1, 0.15) is 42.5 Å². The van der Waals surface area contributed by atoms with Crippen LogP contribution in [0.15, 0.2) is 76.2 Å². The maximum Gasteiger partial charge on any atom is 0.338 e. The van der Waals surface area contributed by atoms with Gasteiger partial charge in [0.15, 0.2) is 5.17 Å². The molecule has 33 heavy (non-hydrogen) atoms. The van der Waals surface area contributed by atoms with Gasteiger partial charge in [-0.3, -0.25) is 9.78 Å². The lowest BCUT2D eigenvalue weighted by Crippen LogP contribution is -2.38. The number of amides is 1. The molecule has 0 radical (unpaired) electrons. The number of amidine groups is 1.